The summed E-state index contributed by atoms with van der Waals surface area (Å²) in [5.74, 6) is 0.531. The second kappa shape index (κ2) is 5.45. The van der Waals surface area contributed by atoms with Gasteiger partial charge in [0.1, 0.15) is 0 Å². The summed E-state index contributed by atoms with van der Waals surface area (Å²) in [4.78, 5) is 0. The van der Waals surface area contributed by atoms with Crippen molar-refractivity contribution in [2.75, 3.05) is 13.7 Å². The average Bonchev–Trinajstić information content (AvgIpc) is 2.78. The van der Waals surface area contributed by atoms with Crippen molar-refractivity contribution < 1.29 is 4.74 Å². The predicted octanol–water partition coefficient (Wildman–Crippen LogP) is 0.836. The SMILES string of the molecule is COc1ccc(Cn2cccc2CCN)nn1. The molecule has 0 aliphatic carbocycles. The first-order chi connectivity index (χ1) is 8.33. The van der Waals surface area contributed by atoms with Crippen LogP contribution in [0, 0.1) is 0 Å². The number of ether oxygens (including phenoxy) is 1. The third-order valence-electron chi connectivity index (χ3n) is 2.56. The van der Waals surface area contributed by atoms with Crippen molar-refractivity contribution in [1.82, 2.24) is 14.8 Å². The second-order valence-electron chi connectivity index (χ2n) is 3.73. The van der Waals surface area contributed by atoms with Gasteiger partial charge in [-0.15, -0.1) is 10.2 Å². The highest BCUT2D eigenvalue weighted by Gasteiger charge is 2.03. The fraction of sp³-hybridized carbons (Fsp3) is 0.333. The standard InChI is InChI=1S/C12H16N4O/c1-17-12-5-4-10(14-15-12)9-16-8-2-3-11(16)6-7-13/h2-5,8H,6-7,9,13H2,1H3. The van der Waals surface area contributed by atoms with Crippen LogP contribution in [0.3, 0.4) is 0 Å². The molecule has 5 nitrogen and oxygen atoms in total. The van der Waals surface area contributed by atoms with Gasteiger partial charge in [0.2, 0.25) is 5.88 Å². The molecule has 0 bridgehead atoms. The number of nitrogens with two attached hydrogens (primary N) is 1. The van der Waals surface area contributed by atoms with E-state index >= 15 is 0 Å². The number of nitrogens with zero attached hydrogens (tertiary/aromatic N) is 3. The zero-order valence-electron chi connectivity index (χ0n) is 9.84. The zero-order chi connectivity index (χ0) is 12.1. The smallest absolute Gasteiger partial charge is 0.233 e. The van der Waals surface area contributed by atoms with Crippen LogP contribution in [0.5, 0.6) is 5.88 Å². The van der Waals surface area contributed by atoms with Crippen molar-refractivity contribution in [3.8, 4) is 5.88 Å². The van der Waals surface area contributed by atoms with Crippen LogP contribution in [0.25, 0.3) is 0 Å². The van der Waals surface area contributed by atoms with Gasteiger partial charge in [-0.05, 0) is 31.2 Å². The van der Waals surface area contributed by atoms with Gasteiger partial charge in [0.25, 0.3) is 0 Å². The highest BCUT2D eigenvalue weighted by atomic mass is 16.5. The third kappa shape index (κ3) is 2.82. The van der Waals surface area contributed by atoms with E-state index in [-0.39, 0.29) is 0 Å². The minimum atomic E-state index is 0.531. The van der Waals surface area contributed by atoms with Crippen molar-refractivity contribution in [2.24, 2.45) is 5.73 Å². The summed E-state index contributed by atoms with van der Waals surface area (Å²) in [7, 11) is 1.58. The summed E-state index contributed by atoms with van der Waals surface area (Å²) in [5.41, 5.74) is 7.68. The van der Waals surface area contributed by atoms with Crippen LogP contribution in [0.4, 0.5) is 0 Å². The van der Waals surface area contributed by atoms with Crippen molar-refractivity contribution >= 4 is 0 Å². The molecule has 2 N–H and O–H groups in total. The Morgan fingerprint density at radius 1 is 1.29 bits per heavy atom. The molecule has 0 radical (unpaired) electrons. The molecule has 2 aromatic rings. The Balaban J connectivity index is 2.10. The van der Waals surface area contributed by atoms with Gasteiger partial charge in [0.15, 0.2) is 0 Å². The van der Waals surface area contributed by atoms with E-state index in [1.165, 1.54) is 5.69 Å². The Morgan fingerprint density at radius 3 is 2.82 bits per heavy atom. The maximum atomic E-state index is 5.56. The maximum Gasteiger partial charge on any atom is 0.233 e. The first-order valence-corrected chi connectivity index (χ1v) is 5.54. The summed E-state index contributed by atoms with van der Waals surface area (Å²) in [6, 6.07) is 7.82. The van der Waals surface area contributed by atoms with E-state index in [1.54, 1.807) is 7.11 Å². The Morgan fingerprint density at radius 2 is 2.18 bits per heavy atom. The van der Waals surface area contributed by atoms with E-state index in [2.05, 4.69) is 20.8 Å². The molecule has 90 valence electrons. The minimum Gasteiger partial charge on any atom is -0.480 e. The number of methoxy groups -OCH3 is 1. The van der Waals surface area contributed by atoms with Gasteiger partial charge >= 0.3 is 0 Å². The lowest BCUT2D eigenvalue weighted by Crippen LogP contribution is -2.10. The lowest BCUT2D eigenvalue weighted by atomic mass is 10.3. The largest absolute Gasteiger partial charge is 0.480 e. The molecule has 0 aliphatic rings. The van der Waals surface area contributed by atoms with E-state index < -0.39 is 0 Å². The van der Waals surface area contributed by atoms with Crippen LogP contribution in [-0.4, -0.2) is 28.4 Å². The van der Waals surface area contributed by atoms with Crippen LogP contribution >= 0.6 is 0 Å². The van der Waals surface area contributed by atoms with E-state index in [1.807, 2.05) is 24.4 Å². The van der Waals surface area contributed by atoms with Crippen LogP contribution < -0.4 is 10.5 Å². The summed E-state index contributed by atoms with van der Waals surface area (Å²) < 4.78 is 7.10. The first kappa shape index (κ1) is 11.6. The predicted molar refractivity (Wildman–Crippen MR) is 64.9 cm³/mol. The van der Waals surface area contributed by atoms with Crippen molar-refractivity contribution in [3.05, 3.63) is 41.9 Å². The zero-order valence-corrected chi connectivity index (χ0v) is 9.84. The number of rotatable bonds is 5. The van der Waals surface area contributed by atoms with E-state index in [9.17, 15) is 0 Å². The minimum absolute atomic E-state index is 0.531. The molecular formula is C12H16N4O. The Bertz CT molecular complexity index is 464. The van der Waals surface area contributed by atoms with Gasteiger partial charge < -0.3 is 15.0 Å². The molecule has 2 rings (SSSR count). The van der Waals surface area contributed by atoms with E-state index in [4.69, 9.17) is 10.5 Å². The van der Waals surface area contributed by atoms with Crippen LogP contribution in [0.2, 0.25) is 0 Å². The lowest BCUT2D eigenvalue weighted by molar-refractivity contribution is 0.391. The summed E-state index contributed by atoms with van der Waals surface area (Å²) >= 11 is 0. The highest BCUT2D eigenvalue weighted by molar-refractivity contribution is 5.14. The second-order valence-corrected chi connectivity index (χ2v) is 3.73. The number of aromatic nitrogens is 3. The molecule has 0 spiro atoms. The molecule has 0 unspecified atom stereocenters. The van der Waals surface area contributed by atoms with Gasteiger partial charge in [-0.3, -0.25) is 0 Å². The molecule has 2 heterocycles. The molecular weight excluding hydrogens is 216 g/mol. The van der Waals surface area contributed by atoms with E-state index in [0.29, 0.717) is 19.0 Å². The van der Waals surface area contributed by atoms with Gasteiger partial charge in [-0.1, -0.05) is 0 Å². The van der Waals surface area contributed by atoms with Crippen LogP contribution in [0.1, 0.15) is 11.4 Å². The van der Waals surface area contributed by atoms with Gasteiger partial charge in [0, 0.05) is 18.0 Å². The average molecular weight is 232 g/mol. The molecule has 0 fully saturated rings. The van der Waals surface area contributed by atoms with Gasteiger partial charge in [0.05, 0.1) is 19.3 Å². The molecule has 0 amide bonds. The fourth-order valence-electron chi connectivity index (χ4n) is 1.69. The lowest BCUT2D eigenvalue weighted by Gasteiger charge is -2.07. The highest BCUT2D eigenvalue weighted by Crippen LogP contribution is 2.08. The van der Waals surface area contributed by atoms with E-state index in [0.717, 1.165) is 12.1 Å². The molecule has 2 aromatic heterocycles. The Labute approximate surface area is 100 Å². The molecule has 0 aromatic carbocycles. The monoisotopic (exact) mass is 232 g/mol. The molecule has 0 aliphatic heterocycles. The summed E-state index contributed by atoms with van der Waals surface area (Å²) in [6.45, 7) is 1.36. The van der Waals surface area contributed by atoms with Gasteiger partial charge in [-0.25, -0.2) is 0 Å². The summed E-state index contributed by atoms with van der Waals surface area (Å²) in [6.07, 6.45) is 2.90. The topological polar surface area (TPSA) is 66.0 Å². The fourth-order valence-corrected chi connectivity index (χ4v) is 1.69. The van der Waals surface area contributed by atoms with Crippen LogP contribution in [0.15, 0.2) is 30.5 Å². The number of hydrogen-bond acceptors (Lipinski definition) is 4. The van der Waals surface area contributed by atoms with Crippen molar-refractivity contribution in [2.45, 2.75) is 13.0 Å². The first-order valence-electron chi connectivity index (χ1n) is 5.54. The number of hydrogen-bond donors (Lipinski definition) is 1. The Kier molecular flexibility index (Phi) is 3.72. The van der Waals surface area contributed by atoms with Crippen LogP contribution in [-0.2, 0) is 13.0 Å². The van der Waals surface area contributed by atoms with Gasteiger partial charge in [-0.2, -0.15) is 0 Å². The molecule has 0 saturated carbocycles. The maximum absolute atomic E-state index is 5.56. The summed E-state index contributed by atoms with van der Waals surface area (Å²) in [5, 5.41) is 8.04. The third-order valence-corrected chi connectivity index (χ3v) is 2.56. The molecule has 5 heteroatoms. The normalized spacial score (nSPS) is 10.5. The quantitative estimate of drug-likeness (QED) is 0.829. The van der Waals surface area contributed by atoms with Crippen molar-refractivity contribution in [3.63, 3.8) is 0 Å². The Hall–Kier alpha value is -1.88. The molecule has 17 heavy (non-hydrogen) atoms. The van der Waals surface area contributed by atoms with Crippen molar-refractivity contribution in [1.29, 1.82) is 0 Å². The molecule has 0 atom stereocenters. The molecule has 0 saturated heterocycles.